The lowest BCUT2D eigenvalue weighted by molar-refractivity contribution is 0.0986. The number of carbonyl (C=O) groups excluding carboxylic acids is 1. The van der Waals surface area contributed by atoms with Gasteiger partial charge in [-0.3, -0.25) is 4.79 Å². The first-order valence-electron chi connectivity index (χ1n) is 6.93. The van der Waals surface area contributed by atoms with Crippen LogP contribution in [0.3, 0.4) is 0 Å². The Morgan fingerprint density at radius 3 is 2.80 bits per heavy atom. The number of para-hydroxylation sites is 1. The van der Waals surface area contributed by atoms with Gasteiger partial charge in [0.25, 0.3) is 5.91 Å². The highest BCUT2D eigenvalue weighted by molar-refractivity contribution is 6.09. The van der Waals surface area contributed by atoms with Gasteiger partial charge in [-0.25, -0.2) is 0 Å². The number of nitrogen functional groups attached to an aromatic ring is 1. The molecule has 0 unspecified atom stereocenters. The van der Waals surface area contributed by atoms with Gasteiger partial charge in [-0.2, -0.15) is 0 Å². The number of anilines is 2. The smallest absolute Gasteiger partial charge is 0.260 e. The zero-order valence-electron chi connectivity index (χ0n) is 11.6. The van der Waals surface area contributed by atoms with Gasteiger partial charge < -0.3 is 10.6 Å². The predicted molar refractivity (Wildman–Crippen MR) is 82.0 cm³/mol. The molecule has 3 nitrogen and oxygen atoms in total. The topological polar surface area (TPSA) is 46.3 Å². The summed E-state index contributed by atoms with van der Waals surface area (Å²) in [6.07, 6.45) is 2.03. The van der Waals surface area contributed by atoms with Crippen molar-refractivity contribution in [1.82, 2.24) is 0 Å². The van der Waals surface area contributed by atoms with Crippen LogP contribution in [0.2, 0.25) is 0 Å². The van der Waals surface area contributed by atoms with Crippen LogP contribution in [0.5, 0.6) is 0 Å². The van der Waals surface area contributed by atoms with Gasteiger partial charge in [0.1, 0.15) is 0 Å². The van der Waals surface area contributed by atoms with Crippen LogP contribution in [0.1, 0.15) is 27.9 Å². The predicted octanol–water partition coefficient (Wildman–Crippen LogP) is 3.17. The van der Waals surface area contributed by atoms with Crippen LogP contribution in [0, 0.1) is 6.92 Å². The molecule has 1 aliphatic heterocycles. The highest BCUT2D eigenvalue weighted by Gasteiger charge is 2.24. The largest absolute Gasteiger partial charge is 0.398 e. The van der Waals surface area contributed by atoms with E-state index in [1.807, 2.05) is 48.2 Å². The van der Waals surface area contributed by atoms with Gasteiger partial charge in [-0.15, -0.1) is 0 Å². The maximum atomic E-state index is 12.7. The fraction of sp³-hybridized carbons (Fsp3) is 0.235. The SMILES string of the molecule is Cc1ccc(C(=O)N2CCCc3ccccc32)c(N)c1. The molecule has 0 bridgehead atoms. The molecule has 0 saturated heterocycles. The van der Waals surface area contributed by atoms with Crippen LogP contribution in [0.4, 0.5) is 11.4 Å². The van der Waals surface area contributed by atoms with Crippen LogP contribution in [0.25, 0.3) is 0 Å². The van der Waals surface area contributed by atoms with Gasteiger partial charge in [-0.1, -0.05) is 24.3 Å². The first kappa shape index (κ1) is 12.7. The molecule has 3 heteroatoms. The minimum atomic E-state index is -0.00495. The summed E-state index contributed by atoms with van der Waals surface area (Å²) in [7, 11) is 0. The highest BCUT2D eigenvalue weighted by atomic mass is 16.2. The fourth-order valence-electron chi connectivity index (χ4n) is 2.77. The van der Waals surface area contributed by atoms with Crippen molar-refractivity contribution in [3.63, 3.8) is 0 Å². The molecule has 2 N–H and O–H groups in total. The minimum Gasteiger partial charge on any atom is -0.398 e. The summed E-state index contributed by atoms with van der Waals surface area (Å²) in [6.45, 7) is 2.73. The number of aryl methyl sites for hydroxylation is 2. The molecule has 1 amide bonds. The van der Waals surface area contributed by atoms with Gasteiger partial charge in [0.05, 0.1) is 5.56 Å². The molecule has 0 spiro atoms. The number of carbonyl (C=O) groups is 1. The molecule has 2 aromatic rings. The summed E-state index contributed by atoms with van der Waals surface area (Å²) in [5.41, 5.74) is 10.5. The lowest BCUT2D eigenvalue weighted by atomic mass is 10.00. The third kappa shape index (κ3) is 2.16. The van der Waals surface area contributed by atoms with E-state index in [0.29, 0.717) is 11.3 Å². The molecule has 2 aromatic carbocycles. The Morgan fingerprint density at radius 1 is 1.20 bits per heavy atom. The Morgan fingerprint density at radius 2 is 2.00 bits per heavy atom. The van der Waals surface area contributed by atoms with E-state index in [1.54, 1.807) is 0 Å². The third-order valence-corrected chi connectivity index (χ3v) is 3.79. The summed E-state index contributed by atoms with van der Waals surface area (Å²) in [4.78, 5) is 14.6. The van der Waals surface area contributed by atoms with Crippen molar-refractivity contribution in [2.24, 2.45) is 0 Å². The Bertz CT molecular complexity index is 664. The van der Waals surface area contributed by atoms with Gasteiger partial charge >= 0.3 is 0 Å². The van der Waals surface area contributed by atoms with Crippen LogP contribution < -0.4 is 10.6 Å². The zero-order valence-corrected chi connectivity index (χ0v) is 11.6. The van der Waals surface area contributed by atoms with E-state index in [9.17, 15) is 4.79 Å². The molecule has 0 atom stereocenters. The second-order valence-corrected chi connectivity index (χ2v) is 5.28. The van der Waals surface area contributed by atoms with Crippen LogP contribution in [-0.2, 0) is 6.42 Å². The molecular formula is C17H18N2O. The van der Waals surface area contributed by atoms with Crippen LogP contribution in [-0.4, -0.2) is 12.5 Å². The highest BCUT2D eigenvalue weighted by Crippen LogP contribution is 2.29. The Kier molecular flexibility index (Phi) is 3.18. The van der Waals surface area contributed by atoms with Gasteiger partial charge in [-0.05, 0) is 49.1 Å². The van der Waals surface area contributed by atoms with Gasteiger partial charge in [0.15, 0.2) is 0 Å². The van der Waals surface area contributed by atoms with E-state index in [4.69, 9.17) is 5.73 Å². The molecule has 102 valence electrons. The Hall–Kier alpha value is -2.29. The average Bonchev–Trinajstić information content (AvgIpc) is 2.46. The second kappa shape index (κ2) is 5.00. The molecule has 3 rings (SSSR count). The Labute approximate surface area is 119 Å². The summed E-state index contributed by atoms with van der Waals surface area (Å²) in [5, 5.41) is 0. The number of nitrogens with zero attached hydrogens (tertiary/aromatic N) is 1. The molecule has 20 heavy (non-hydrogen) atoms. The molecule has 0 fully saturated rings. The molecule has 1 heterocycles. The average molecular weight is 266 g/mol. The summed E-state index contributed by atoms with van der Waals surface area (Å²) in [5.74, 6) is -0.00495. The molecule has 0 radical (unpaired) electrons. The van der Waals surface area contributed by atoms with E-state index in [-0.39, 0.29) is 5.91 Å². The van der Waals surface area contributed by atoms with Gasteiger partial charge in [0, 0.05) is 17.9 Å². The van der Waals surface area contributed by atoms with Crippen molar-refractivity contribution in [3.8, 4) is 0 Å². The molecule has 0 aliphatic carbocycles. The maximum absolute atomic E-state index is 12.7. The number of nitrogens with two attached hydrogens (primary N) is 1. The summed E-state index contributed by atoms with van der Waals surface area (Å²) in [6, 6.07) is 13.7. The standard InChI is InChI=1S/C17H18N2O/c1-12-8-9-14(15(18)11-12)17(20)19-10-4-6-13-5-2-3-7-16(13)19/h2-3,5,7-9,11H,4,6,10,18H2,1H3. The van der Waals surface area contributed by atoms with Crippen molar-refractivity contribution < 1.29 is 4.79 Å². The van der Waals surface area contributed by atoms with E-state index in [0.717, 1.165) is 30.6 Å². The van der Waals surface area contributed by atoms with Crippen molar-refractivity contribution >= 4 is 17.3 Å². The van der Waals surface area contributed by atoms with Crippen LogP contribution in [0.15, 0.2) is 42.5 Å². The van der Waals surface area contributed by atoms with Crippen molar-refractivity contribution in [1.29, 1.82) is 0 Å². The number of hydrogen-bond acceptors (Lipinski definition) is 2. The normalized spacial score (nSPS) is 13.9. The van der Waals surface area contributed by atoms with Crippen molar-refractivity contribution in [2.75, 3.05) is 17.2 Å². The quantitative estimate of drug-likeness (QED) is 0.806. The van der Waals surface area contributed by atoms with E-state index in [2.05, 4.69) is 6.07 Å². The maximum Gasteiger partial charge on any atom is 0.260 e. The summed E-state index contributed by atoms with van der Waals surface area (Å²) >= 11 is 0. The summed E-state index contributed by atoms with van der Waals surface area (Å²) < 4.78 is 0. The first-order valence-corrected chi connectivity index (χ1v) is 6.93. The molecule has 0 aromatic heterocycles. The van der Waals surface area contributed by atoms with Gasteiger partial charge in [0.2, 0.25) is 0 Å². The molecule has 1 aliphatic rings. The number of benzene rings is 2. The number of rotatable bonds is 1. The van der Waals surface area contributed by atoms with E-state index in [1.165, 1.54) is 5.56 Å². The lowest BCUT2D eigenvalue weighted by Crippen LogP contribution is -2.35. The fourth-order valence-corrected chi connectivity index (χ4v) is 2.77. The second-order valence-electron chi connectivity index (χ2n) is 5.28. The molecular weight excluding hydrogens is 248 g/mol. The minimum absolute atomic E-state index is 0.00495. The molecule has 0 saturated carbocycles. The van der Waals surface area contributed by atoms with E-state index < -0.39 is 0 Å². The van der Waals surface area contributed by atoms with Crippen molar-refractivity contribution in [3.05, 3.63) is 59.2 Å². The Balaban J connectivity index is 2.00. The van der Waals surface area contributed by atoms with Crippen LogP contribution >= 0.6 is 0 Å². The first-order chi connectivity index (χ1) is 9.66. The number of hydrogen-bond donors (Lipinski definition) is 1. The number of fused-ring (bicyclic) bond motifs is 1. The zero-order chi connectivity index (χ0) is 14.1. The van der Waals surface area contributed by atoms with E-state index >= 15 is 0 Å². The third-order valence-electron chi connectivity index (χ3n) is 3.79. The lowest BCUT2D eigenvalue weighted by Gasteiger charge is -2.29. The monoisotopic (exact) mass is 266 g/mol. The van der Waals surface area contributed by atoms with Crippen molar-refractivity contribution in [2.45, 2.75) is 19.8 Å². The number of amides is 1.